The quantitative estimate of drug-likeness (QED) is 0.853. The van der Waals surface area contributed by atoms with Crippen LogP contribution in [0, 0.1) is 12.8 Å². The summed E-state index contributed by atoms with van der Waals surface area (Å²) in [4.78, 5) is 11.1. The van der Waals surface area contributed by atoms with Crippen molar-refractivity contribution >= 4 is 5.91 Å². The first-order valence-corrected chi connectivity index (χ1v) is 7.12. The number of hydrogen-bond acceptors (Lipinski definition) is 3. The zero-order chi connectivity index (χ0) is 15.4. The van der Waals surface area contributed by atoms with Crippen molar-refractivity contribution in [2.24, 2.45) is 11.7 Å². The maximum Gasteiger partial charge on any atom is 0.251 e. The number of nitrogens with one attached hydrogen (secondary N) is 1. The number of carbonyl (C=O) groups excluding carboxylic acids is 1. The Morgan fingerprint density at radius 2 is 2.19 bits per heavy atom. The van der Waals surface area contributed by atoms with Crippen LogP contribution in [-0.2, 0) is 6.54 Å². The standard InChI is InChI=1S/C16H22N4O/c1-11(2)7-18-8-13-4-5-15(12(3)6-13)20-10-14(9-19-20)16(17)21/h4-6,9-11,18H,7-8H2,1-3H3,(H2,17,21). The third kappa shape index (κ3) is 3.92. The Morgan fingerprint density at radius 1 is 1.43 bits per heavy atom. The number of aromatic nitrogens is 2. The van der Waals surface area contributed by atoms with Crippen molar-refractivity contribution in [2.45, 2.75) is 27.3 Å². The summed E-state index contributed by atoms with van der Waals surface area (Å²) < 4.78 is 1.68. The summed E-state index contributed by atoms with van der Waals surface area (Å²) in [6, 6.07) is 6.22. The van der Waals surface area contributed by atoms with Gasteiger partial charge in [-0.2, -0.15) is 5.10 Å². The SMILES string of the molecule is Cc1cc(CNCC(C)C)ccc1-n1cc(C(N)=O)cn1. The summed E-state index contributed by atoms with van der Waals surface area (Å²) in [5.74, 6) is 0.176. The minimum atomic E-state index is -0.464. The van der Waals surface area contributed by atoms with Crippen LogP contribution in [0.4, 0.5) is 0 Å². The molecule has 1 heterocycles. The molecule has 0 fully saturated rings. The Hall–Kier alpha value is -2.14. The first kappa shape index (κ1) is 15.3. The van der Waals surface area contributed by atoms with Gasteiger partial charge in [0.05, 0.1) is 17.4 Å². The summed E-state index contributed by atoms with van der Waals surface area (Å²) in [5, 5.41) is 7.61. The summed E-state index contributed by atoms with van der Waals surface area (Å²) in [5.41, 5.74) is 8.96. The van der Waals surface area contributed by atoms with Crippen molar-refractivity contribution in [3.63, 3.8) is 0 Å². The van der Waals surface area contributed by atoms with E-state index in [1.165, 1.54) is 11.8 Å². The first-order chi connectivity index (χ1) is 9.97. The molecule has 0 aliphatic carbocycles. The van der Waals surface area contributed by atoms with Gasteiger partial charge in [-0.15, -0.1) is 0 Å². The van der Waals surface area contributed by atoms with Crippen molar-refractivity contribution in [1.29, 1.82) is 0 Å². The number of carbonyl (C=O) groups is 1. The third-order valence-electron chi connectivity index (χ3n) is 3.26. The highest BCUT2D eigenvalue weighted by molar-refractivity contribution is 5.92. The molecular formula is C16H22N4O. The van der Waals surface area contributed by atoms with Crippen molar-refractivity contribution in [1.82, 2.24) is 15.1 Å². The van der Waals surface area contributed by atoms with Gasteiger partial charge in [0.1, 0.15) is 0 Å². The Labute approximate surface area is 125 Å². The normalized spacial score (nSPS) is 11.0. The number of amides is 1. The second kappa shape index (κ2) is 6.54. The molecule has 1 aromatic heterocycles. The molecule has 1 aromatic carbocycles. The molecule has 0 saturated heterocycles. The van der Waals surface area contributed by atoms with Crippen molar-refractivity contribution in [3.8, 4) is 5.69 Å². The second-order valence-electron chi connectivity index (χ2n) is 5.68. The van der Waals surface area contributed by atoms with Crippen molar-refractivity contribution in [3.05, 3.63) is 47.3 Å². The fourth-order valence-corrected chi connectivity index (χ4v) is 2.17. The summed E-state index contributed by atoms with van der Waals surface area (Å²) in [7, 11) is 0. The number of primary amides is 1. The molecule has 0 saturated carbocycles. The summed E-state index contributed by atoms with van der Waals surface area (Å²) in [6.45, 7) is 8.27. The first-order valence-electron chi connectivity index (χ1n) is 7.12. The molecule has 2 aromatic rings. The van der Waals surface area contributed by atoms with E-state index in [9.17, 15) is 4.79 Å². The van der Waals surface area contributed by atoms with E-state index in [2.05, 4.69) is 36.4 Å². The molecule has 0 spiro atoms. The molecule has 0 atom stereocenters. The van der Waals surface area contributed by atoms with Crippen LogP contribution in [0.3, 0.4) is 0 Å². The molecule has 0 bridgehead atoms. The number of aryl methyl sites for hydroxylation is 1. The smallest absolute Gasteiger partial charge is 0.251 e. The topological polar surface area (TPSA) is 72.9 Å². The number of hydrogen-bond donors (Lipinski definition) is 2. The van der Waals surface area contributed by atoms with E-state index >= 15 is 0 Å². The highest BCUT2D eigenvalue weighted by atomic mass is 16.1. The maximum atomic E-state index is 11.1. The average Bonchev–Trinajstić information content (AvgIpc) is 2.88. The fourth-order valence-electron chi connectivity index (χ4n) is 2.17. The Balaban J connectivity index is 2.13. The molecule has 3 N–H and O–H groups in total. The van der Waals surface area contributed by atoms with Crippen molar-refractivity contribution in [2.75, 3.05) is 6.54 Å². The third-order valence-corrected chi connectivity index (χ3v) is 3.26. The number of nitrogens with zero attached hydrogens (tertiary/aromatic N) is 2. The highest BCUT2D eigenvalue weighted by Crippen LogP contribution is 2.16. The van der Waals surface area contributed by atoms with Gasteiger partial charge in [-0.3, -0.25) is 4.79 Å². The van der Waals surface area contributed by atoms with Gasteiger partial charge in [0, 0.05) is 12.7 Å². The summed E-state index contributed by atoms with van der Waals surface area (Å²) >= 11 is 0. The molecule has 21 heavy (non-hydrogen) atoms. The fraction of sp³-hybridized carbons (Fsp3) is 0.375. The van der Waals surface area contributed by atoms with Crippen LogP contribution in [0.15, 0.2) is 30.6 Å². The van der Waals surface area contributed by atoms with Gasteiger partial charge in [-0.25, -0.2) is 4.68 Å². The van der Waals surface area contributed by atoms with Gasteiger partial charge >= 0.3 is 0 Å². The molecule has 5 heteroatoms. The van der Waals surface area contributed by atoms with Crippen LogP contribution in [-0.4, -0.2) is 22.2 Å². The molecule has 0 unspecified atom stereocenters. The van der Waals surface area contributed by atoms with Crippen LogP contribution < -0.4 is 11.1 Å². The lowest BCUT2D eigenvalue weighted by Crippen LogP contribution is -2.19. The van der Waals surface area contributed by atoms with E-state index in [0.717, 1.165) is 24.3 Å². The monoisotopic (exact) mass is 286 g/mol. The zero-order valence-corrected chi connectivity index (χ0v) is 12.8. The molecule has 1 amide bonds. The van der Waals surface area contributed by atoms with E-state index in [1.807, 2.05) is 13.0 Å². The highest BCUT2D eigenvalue weighted by Gasteiger charge is 2.08. The molecule has 0 radical (unpaired) electrons. The van der Waals surface area contributed by atoms with Gasteiger partial charge in [0.25, 0.3) is 5.91 Å². The predicted octanol–water partition coefficient (Wildman–Crippen LogP) is 2.03. The van der Waals surface area contributed by atoms with Gasteiger partial charge in [0.15, 0.2) is 0 Å². The van der Waals surface area contributed by atoms with Crippen LogP contribution in [0.1, 0.15) is 35.3 Å². The Morgan fingerprint density at radius 3 is 2.76 bits per heavy atom. The zero-order valence-electron chi connectivity index (χ0n) is 12.8. The Bertz CT molecular complexity index is 631. The van der Waals surface area contributed by atoms with Crippen LogP contribution in [0.5, 0.6) is 0 Å². The lowest BCUT2D eigenvalue weighted by atomic mass is 10.1. The number of rotatable bonds is 6. The summed E-state index contributed by atoms with van der Waals surface area (Å²) in [6.07, 6.45) is 3.14. The molecule has 0 aliphatic rings. The van der Waals surface area contributed by atoms with E-state index in [4.69, 9.17) is 5.73 Å². The average molecular weight is 286 g/mol. The largest absolute Gasteiger partial charge is 0.366 e. The lowest BCUT2D eigenvalue weighted by Gasteiger charge is -2.10. The van der Waals surface area contributed by atoms with Gasteiger partial charge < -0.3 is 11.1 Å². The lowest BCUT2D eigenvalue weighted by molar-refractivity contribution is 0.100. The minimum Gasteiger partial charge on any atom is -0.366 e. The van der Waals surface area contributed by atoms with E-state index in [0.29, 0.717) is 11.5 Å². The van der Waals surface area contributed by atoms with E-state index in [-0.39, 0.29) is 0 Å². The van der Waals surface area contributed by atoms with E-state index < -0.39 is 5.91 Å². The predicted molar refractivity (Wildman–Crippen MR) is 83.4 cm³/mol. The second-order valence-corrected chi connectivity index (χ2v) is 5.68. The van der Waals surface area contributed by atoms with Gasteiger partial charge in [-0.05, 0) is 36.6 Å². The minimum absolute atomic E-state index is 0.414. The maximum absolute atomic E-state index is 11.1. The number of nitrogens with two attached hydrogens (primary N) is 1. The van der Waals surface area contributed by atoms with Crippen LogP contribution >= 0.6 is 0 Å². The molecule has 112 valence electrons. The molecule has 0 aliphatic heterocycles. The Kier molecular flexibility index (Phi) is 4.75. The van der Waals surface area contributed by atoms with E-state index in [1.54, 1.807) is 10.9 Å². The van der Waals surface area contributed by atoms with Gasteiger partial charge in [-0.1, -0.05) is 26.0 Å². The molecule has 2 rings (SSSR count). The van der Waals surface area contributed by atoms with Gasteiger partial charge in [0.2, 0.25) is 0 Å². The molecular weight excluding hydrogens is 264 g/mol. The number of benzene rings is 1. The van der Waals surface area contributed by atoms with Crippen LogP contribution in [0.25, 0.3) is 5.69 Å². The van der Waals surface area contributed by atoms with Crippen molar-refractivity contribution < 1.29 is 4.79 Å². The van der Waals surface area contributed by atoms with Crippen LogP contribution in [0.2, 0.25) is 0 Å². The molecule has 5 nitrogen and oxygen atoms in total.